The third-order valence-electron chi connectivity index (χ3n) is 6.75. The van der Waals surface area contributed by atoms with Crippen molar-refractivity contribution in [2.45, 2.75) is 76.8 Å². The highest BCUT2D eigenvalue weighted by Gasteiger charge is 2.74. The summed E-state index contributed by atoms with van der Waals surface area (Å²) in [4.78, 5) is 23.0. The number of aliphatic carboxylic acids is 1. The predicted octanol–water partition coefficient (Wildman–Crippen LogP) is 2.29. The molecule has 3 rings (SSSR count). The summed E-state index contributed by atoms with van der Waals surface area (Å²) in [5.41, 5.74) is -0.0391. The standard InChI is InChI=1S/C19H28O6/c1-10(2)12-6-5-11(3)19(12)9-13(20)18(4)16(25-18)17(19)24-15(23)8-7-14(21)22/h11-13,16-17,20H,1,5-9H2,2-4H3,(H,21,22). The second-order valence-corrected chi connectivity index (χ2v) is 8.24. The van der Waals surface area contributed by atoms with E-state index in [1.165, 1.54) is 0 Å². The number of ether oxygens (including phenoxy) is 2. The smallest absolute Gasteiger partial charge is 0.306 e. The Morgan fingerprint density at radius 2 is 2.00 bits per heavy atom. The Kier molecular flexibility index (Phi) is 4.48. The zero-order valence-corrected chi connectivity index (χ0v) is 15.2. The molecule has 0 amide bonds. The van der Waals surface area contributed by atoms with Crippen LogP contribution in [0.2, 0.25) is 0 Å². The normalized spacial score (nSPS) is 45.0. The lowest BCUT2D eigenvalue weighted by Gasteiger charge is -2.49. The maximum atomic E-state index is 12.3. The third-order valence-corrected chi connectivity index (χ3v) is 6.75. The van der Waals surface area contributed by atoms with E-state index in [9.17, 15) is 14.7 Å². The van der Waals surface area contributed by atoms with Crippen molar-refractivity contribution in [2.75, 3.05) is 0 Å². The Bertz CT molecular complexity index is 601. The fourth-order valence-corrected chi connectivity index (χ4v) is 5.21. The van der Waals surface area contributed by atoms with E-state index < -0.39 is 35.2 Å². The van der Waals surface area contributed by atoms with Gasteiger partial charge in [-0.05, 0) is 44.9 Å². The summed E-state index contributed by atoms with van der Waals surface area (Å²) in [7, 11) is 0. The van der Waals surface area contributed by atoms with Crippen LogP contribution in [-0.2, 0) is 19.1 Å². The Hall–Kier alpha value is -1.40. The van der Waals surface area contributed by atoms with Crippen LogP contribution in [0.25, 0.3) is 0 Å². The molecule has 0 aromatic carbocycles. The Balaban J connectivity index is 1.90. The lowest BCUT2D eigenvalue weighted by Crippen LogP contribution is -2.57. The number of hydrogen-bond donors (Lipinski definition) is 2. The topological polar surface area (TPSA) is 96.4 Å². The molecule has 2 N–H and O–H groups in total. The molecule has 2 saturated carbocycles. The number of carboxylic acids is 1. The Morgan fingerprint density at radius 3 is 2.60 bits per heavy atom. The molecule has 0 aromatic rings. The number of fused-ring (bicyclic) bond motifs is 1. The second kappa shape index (κ2) is 6.09. The average Bonchev–Trinajstić information content (AvgIpc) is 3.11. The van der Waals surface area contributed by atoms with E-state index in [4.69, 9.17) is 14.6 Å². The fraction of sp³-hybridized carbons (Fsp3) is 0.789. The summed E-state index contributed by atoms with van der Waals surface area (Å²) in [5.74, 6) is -1.12. The number of carbonyl (C=O) groups excluding carboxylic acids is 1. The zero-order valence-electron chi connectivity index (χ0n) is 15.2. The largest absolute Gasteiger partial charge is 0.481 e. The van der Waals surface area contributed by atoms with Gasteiger partial charge in [-0.15, -0.1) is 0 Å². The maximum absolute atomic E-state index is 12.3. The monoisotopic (exact) mass is 352 g/mol. The first-order chi connectivity index (χ1) is 11.6. The van der Waals surface area contributed by atoms with Crippen LogP contribution in [-0.4, -0.2) is 46.1 Å². The summed E-state index contributed by atoms with van der Waals surface area (Å²) in [6, 6.07) is 0. The van der Waals surface area contributed by atoms with Crippen molar-refractivity contribution in [3.05, 3.63) is 12.2 Å². The van der Waals surface area contributed by atoms with Crippen LogP contribution >= 0.6 is 0 Å². The summed E-state index contributed by atoms with van der Waals surface area (Å²) in [6.45, 7) is 10.1. The zero-order chi connectivity index (χ0) is 18.6. The molecule has 7 unspecified atom stereocenters. The van der Waals surface area contributed by atoms with E-state index in [0.29, 0.717) is 6.42 Å². The first-order valence-corrected chi connectivity index (χ1v) is 9.05. The molecule has 2 aliphatic carbocycles. The molecule has 0 bridgehead atoms. The molecule has 7 atom stereocenters. The minimum Gasteiger partial charge on any atom is -0.481 e. The van der Waals surface area contributed by atoms with Crippen LogP contribution in [0.4, 0.5) is 0 Å². The van der Waals surface area contributed by atoms with Crippen molar-refractivity contribution >= 4 is 11.9 Å². The molecular formula is C19H28O6. The molecule has 0 radical (unpaired) electrons. The van der Waals surface area contributed by atoms with E-state index in [-0.39, 0.29) is 30.8 Å². The summed E-state index contributed by atoms with van der Waals surface area (Å²) in [6.07, 6.45) is 0.633. The van der Waals surface area contributed by atoms with Gasteiger partial charge in [0.2, 0.25) is 0 Å². The van der Waals surface area contributed by atoms with E-state index in [1.54, 1.807) is 0 Å². The van der Waals surface area contributed by atoms with Crippen molar-refractivity contribution < 1.29 is 29.3 Å². The van der Waals surface area contributed by atoms with E-state index in [2.05, 4.69) is 13.5 Å². The highest BCUT2D eigenvalue weighted by Crippen LogP contribution is 2.65. The highest BCUT2D eigenvalue weighted by atomic mass is 16.7. The van der Waals surface area contributed by atoms with Gasteiger partial charge in [-0.3, -0.25) is 9.59 Å². The lowest BCUT2D eigenvalue weighted by atomic mass is 9.58. The molecule has 1 spiro atoms. The van der Waals surface area contributed by atoms with Crippen LogP contribution in [0.15, 0.2) is 12.2 Å². The number of hydrogen-bond acceptors (Lipinski definition) is 5. The first-order valence-electron chi connectivity index (χ1n) is 9.05. The number of carbonyl (C=O) groups is 2. The van der Waals surface area contributed by atoms with Crippen LogP contribution in [0.1, 0.15) is 52.9 Å². The van der Waals surface area contributed by atoms with Gasteiger partial charge in [-0.25, -0.2) is 0 Å². The fourth-order valence-electron chi connectivity index (χ4n) is 5.21. The van der Waals surface area contributed by atoms with E-state index in [0.717, 1.165) is 18.4 Å². The number of rotatable bonds is 5. The van der Waals surface area contributed by atoms with Gasteiger partial charge >= 0.3 is 11.9 Å². The summed E-state index contributed by atoms with van der Waals surface area (Å²) < 4.78 is 11.6. The first kappa shape index (κ1) is 18.4. The maximum Gasteiger partial charge on any atom is 0.306 e. The molecule has 1 heterocycles. The third kappa shape index (κ3) is 2.79. The van der Waals surface area contributed by atoms with Crippen LogP contribution in [0, 0.1) is 17.3 Å². The number of aliphatic hydroxyl groups is 1. The van der Waals surface area contributed by atoms with Crippen molar-refractivity contribution in [3.63, 3.8) is 0 Å². The Morgan fingerprint density at radius 1 is 1.32 bits per heavy atom. The molecule has 3 fully saturated rings. The average molecular weight is 352 g/mol. The molecule has 3 aliphatic rings. The predicted molar refractivity (Wildman–Crippen MR) is 89.8 cm³/mol. The molecule has 1 saturated heterocycles. The minimum atomic E-state index is -1.02. The van der Waals surface area contributed by atoms with Crippen LogP contribution in [0.3, 0.4) is 0 Å². The van der Waals surface area contributed by atoms with Gasteiger partial charge in [0.15, 0.2) is 0 Å². The van der Waals surface area contributed by atoms with Gasteiger partial charge in [0.05, 0.1) is 18.9 Å². The van der Waals surface area contributed by atoms with Gasteiger partial charge in [-0.1, -0.05) is 19.1 Å². The van der Waals surface area contributed by atoms with Crippen molar-refractivity contribution in [1.82, 2.24) is 0 Å². The number of esters is 1. The molecule has 140 valence electrons. The van der Waals surface area contributed by atoms with Gasteiger partial charge in [0.1, 0.15) is 17.8 Å². The molecular weight excluding hydrogens is 324 g/mol. The number of carboxylic acid groups (broad SMARTS) is 1. The number of epoxide rings is 1. The van der Waals surface area contributed by atoms with Gasteiger partial charge in [-0.2, -0.15) is 0 Å². The van der Waals surface area contributed by atoms with Crippen molar-refractivity contribution in [3.8, 4) is 0 Å². The van der Waals surface area contributed by atoms with E-state index >= 15 is 0 Å². The number of aliphatic hydroxyl groups excluding tert-OH is 1. The summed E-state index contributed by atoms with van der Waals surface area (Å²) >= 11 is 0. The van der Waals surface area contributed by atoms with Crippen molar-refractivity contribution in [1.29, 1.82) is 0 Å². The quantitative estimate of drug-likeness (QED) is 0.448. The van der Waals surface area contributed by atoms with Gasteiger partial charge in [0, 0.05) is 5.41 Å². The SMILES string of the molecule is C=C(C)C1CCC(C)C12CC(O)C1(C)OC1C2OC(=O)CCC(=O)O. The lowest BCUT2D eigenvalue weighted by molar-refractivity contribution is -0.170. The van der Waals surface area contributed by atoms with Gasteiger partial charge < -0.3 is 19.7 Å². The van der Waals surface area contributed by atoms with Gasteiger partial charge in [0.25, 0.3) is 0 Å². The van der Waals surface area contributed by atoms with Crippen LogP contribution < -0.4 is 0 Å². The Labute approximate surface area is 148 Å². The van der Waals surface area contributed by atoms with E-state index in [1.807, 2.05) is 13.8 Å². The molecule has 1 aliphatic heterocycles. The molecule has 0 aromatic heterocycles. The second-order valence-electron chi connectivity index (χ2n) is 8.24. The van der Waals surface area contributed by atoms with Crippen LogP contribution in [0.5, 0.6) is 0 Å². The molecule has 25 heavy (non-hydrogen) atoms. The van der Waals surface area contributed by atoms with Crippen molar-refractivity contribution in [2.24, 2.45) is 17.3 Å². The number of allylic oxidation sites excluding steroid dienone is 1. The minimum absolute atomic E-state index is 0.153. The molecule has 6 nitrogen and oxygen atoms in total. The highest BCUT2D eigenvalue weighted by molar-refractivity contribution is 5.76. The molecule has 6 heteroatoms. The summed E-state index contributed by atoms with van der Waals surface area (Å²) in [5, 5.41) is 19.5.